The minimum absolute atomic E-state index is 0.987. The summed E-state index contributed by atoms with van der Waals surface area (Å²) in [4.78, 5) is 4.63. The van der Waals surface area contributed by atoms with Crippen LogP contribution >= 0.6 is 15.9 Å². The van der Waals surface area contributed by atoms with Crippen molar-refractivity contribution in [1.82, 2.24) is 4.57 Å². The number of aromatic nitrogens is 1. The molecule has 0 saturated carbocycles. The van der Waals surface area contributed by atoms with Crippen molar-refractivity contribution in [3.8, 4) is 5.69 Å². The highest BCUT2D eigenvalue weighted by molar-refractivity contribution is 9.10. The van der Waals surface area contributed by atoms with E-state index < -0.39 is 0 Å². The Morgan fingerprint density at radius 2 is 1.67 bits per heavy atom. The molecule has 0 saturated heterocycles. The van der Waals surface area contributed by atoms with E-state index in [0.29, 0.717) is 0 Å². The summed E-state index contributed by atoms with van der Waals surface area (Å²) in [5.74, 6) is 0. The number of rotatable bonds is 4. The zero-order chi connectivity index (χ0) is 17.1. The number of aryl methyl sites for hydroxylation is 2. The van der Waals surface area contributed by atoms with Gasteiger partial charge in [0, 0.05) is 33.3 Å². The molecule has 0 atom stereocenters. The Bertz CT molecular complexity index is 856. The number of benzene rings is 2. The molecule has 0 spiro atoms. The van der Waals surface area contributed by atoms with Gasteiger partial charge in [-0.05, 0) is 68.3 Å². The van der Waals surface area contributed by atoms with E-state index in [1.165, 1.54) is 22.6 Å². The van der Waals surface area contributed by atoms with Crippen molar-refractivity contribution in [3.05, 3.63) is 81.6 Å². The first-order valence-corrected chi connectivity index (χ1v) is 8.95. The zero-order valence-electron chi connectivity index (χ0n) is 14.3. The van der Waals surface area contributed by atoms with E-state index in [4.69, 9.17) is 0 Å². The van der Waals surface area contributed by atoms with Crippen LogP contribution in [0.1, 0.15) is 29.4 Å². The molecule has 1 aromatic heterocycles. The van der Waals surface area contributed by atoms with Crippen LogP contribution in [0, 0.1) is 13.8 Å². The van der Waals surface area contributed by atoms with E-state index in [1.807, 2.05) is 6.21 Å². The summed E-state index contributed by atoms with van der Waals surface area (Å²) in [6, 6.07) is 19.0. The molecular formula is C21H21BrN2. The Labute approximate surface area is 152 Å². The van der Waals surface area contributed by atoms with Crippen LogP contribution in [-0.2, 0) is 6.42 Å². The minimum Gasteiger partial charge on any atom is -0.318 e. The molecule has 122 valence electrons. The summed E-state index contributed by atoms with van der Waals surface area (Å²) in [5.41, 5.74) is 7.04. The summed E-state index contributed by atoms with van der Waals surface area (Å²) in [7, 11) is 0. The van der Waals surface area contributed by atoms with Crippen molar-refractivity contribution in [2.24, 2.45) is 4.99 Å². The van der Waals surface area contributed by atoms with Gasteiger partial charge in [-0.2, -0.15) is 0 Å². The molecule has 0 aliphatic heterocycles. The van der Waals surface area contributed by atoms with Gasteiger partial charge in [0.25, 0.3) is 0 Å². The molecule has 0 radical (unpaired) electrons. The first-order chi connectivity index (χ1) is 11.6. The Morgan fingerprint density at radius 3 is 2.29 bits per heavy atom. The number of nitrogens with zero attached hydrogens (tertiary/aromatic N) is 2. The number of halogens is 1. The lowest BCUT2D eigenvalue weighted by molar-refractivity contribution is 0.964. The van der Waals surface area contributed by atoms with Crippen LogP contribution in [0.4, 0.5) is 5.69 Å². The summed E-state index contributed by atoms with van der Waals surface area (Å²) >= 11 is 3.49. The van der Waals surface area contributed by atoms with E-state index in [1.54, 1.807) is 0 Å². The highest BCUT2D eigenvalue weighted by Gasteiger charge is 2.09. The van der Waals surface area contributed by atoms with Crippen LogP contribution in [0.25, 0.3) is 5.69 Å². The third-order valence-corrected chi connectivity index (χ3v) is 4.78. The molecule has 0 unspecified atom stereocenters. The maximum atomic E-state index is 4.63. The summed E-state index contributed by atoms with van der Waals surface area (Å²) in [5, 5.41) is 0. The van der Waals surface area contributed by atoms with Gasteiger partial charge >= 0.3 is 0 Å². The molecule has 0 aliphatic rings. The lowest BCUT2D eigenvalue weighted by atomic mass is 10.1. The highest BCUT2D eigenvalue weighted by Crippen LogP contribution is 2.22. The fourth-order valence-electron chi connectivity index (χ4n) is 2.87. The molecule has 0 fully saturated rings. The molecule has 3 rings (SSSR count). The van der Waals surface area contributed by atoms with Crippen LogP contribution in [-0.4, -0.2) is 10.8 Å². The lowest BCUT2D eigenvalue weighted by Gasteiger charge is -2.09. The van der Waals surface area contributed by atoms with Crippen molar-refractivity contribution in [3.63, 3.8) is 0 Å². The number of aliphatic imine (C=N–C) groups is 1. The van der Waals surface area contributed by atoms with E-state index in [2.05, 4.69) is 101 Å². The molecule has 2 nitrogen and oxygen atoms in total. The first kappa shape index (κ1) is 16.7. The molecule has 0 bridgehead atoms. The van der Waals surface area contributed by atoms with Crippen LogP contribution in [0.15, 0.2) is 64.1 Å². The smallest absolute Gasteiger partial charge is 0.0630 e. The fourth-order valence-corrected chi connectivity index (χ4v) is 3.13. The van der Waals surface area contributed by atoms with Gasteiger partial charge in [-0.3, -0.25) is 4.99 Å². The van der Waals surface area contributed by atoms with E-state index in [9.17, 15) is 0 Å². The van der Waals surface area contributed by atoms with Crippen LogP contribution in [0.2, 0.25) is 0 Å². The molecule has 2 aromatic carbocycles. The highest BCUT2D eigenvalue weighted by atomic mass is 79.9. The number of hydrogen-bond donors (Lipinski definition) is 0. The Morgan fingerprint density at radius 1 is 1.00 bits per heavy atom. The van der Waals surface area contributed by atoms with E-state index in [0.717, 1.165) is 22.1 Å². The summed E-state index contributed by atoms with van der Waals surface area (Å²) < 4.78 is 3.35. The van der Waals surface area contributed by atoms with Gasteiger partial charge in [-0.25, -0.2) is 0 Å². The molecule has 0 aliphatic carbocycles. The second kappa shape index (κ2) is 7.18. The molecule has 1 heterocycles. The van der Waals surface area contributed by atoms with Gasteiger partial charge in [-0.1, -0.05) is 35.0 Å². The lowest BCUT2D eigenvalue weighted by Crippen LogP contribution is -1.99. The SMILES string of the molecule is CCc1ccc(N=Cc2cc(C)n(-c3ccc(Br)cc3)c2C)cc1. The summed E-state index contributed by atoms with van der Waals surface area (Å²) in [6.07, 6.45) is 3.01. The van der Waals surface area contributed by atoms with Crippen LogP contribution in [0.5, 0.6) is 0 Å². The minimum atomic E-state index is 0.987. The third kappa shape index (κ3) is 3.51. The number of hydrogen-bond acceptors (Lipinski definition) is 1. The third-order valence-electron chi connectivity index (χ3n) is 4.25. The van der Waals surface area contributed by atoms with Gasteiger partial charge < -0.3 is 4.57 Å². The molecule has 24 heavy (non-hydrogen) atoms. The Hall–Kier alpha value is -2.13. The molecule has 0 N–H and O–H groups in total. The second-order valence-electron chi connectivity index (χ2n) is 5.92. The normalized spacial score (nSPS) is 11.3. The monoisotopic (exact) mass is 380 g/mol. The molecule has 0 amide bonds. The average molecular weight is 381 g/mol. The van der Waals surface area contributed by atoms with Gasteiger partial charge in [0.05, 0.1) is 5.69 Å². The quantitative estimate of drug-likeness (QED) is 0.481. The van der Waals surface area contributed by atoms with Gasteiger partial charge in [0.2, 0.25) is 0 Å². The first-order valence-electron chi connectivity index (χ1n) is 8.16. The second-order valence-corrected chi connectivity index (χ2v) is 6.83. The standard InChI is InChI=1S/C21H21BrN2/c1-4-17-5-9-20(10-6-17)23-14-18-13-15(2)24(16(18)3)21-11-7-19(22)8-12-21/h5-14H,4H2,1-3H3. The largest absolute Gasteiger partial charge is 0.318 e. The molecular weight excluding hydrogens is 360 g/mol. The molecule has 3 aromatic rings. The van der Waals surface area contributed by atoms with Crippen LogP contribution in [0.3, 0.4) is 0 Å². The summed E-state index contributed by atoms with van der Waals surface area (Å²) in [6.45, 7) is 6.42. The predicted molar refractivity (Wildman–Crippen MR) is 106 cm³/mol. The molecule has 3 heteroatoms. The Kier molecular flexibility index (Phi) is 5.00. The van der Waals surface area contributed by atoms with Crippen molar-refractivity contribution >= 4 is 27.8 Å². The van der Waals surface area contributed by atoms with Crippen molar-refractivity contribution < 1.29 is 0 Å². The Balaban J connectivity index is 1.90. The zero-order valence-corrected chi connectivity index (χ0v) is 15.8. The maximum absolute atomic E-state index is 4.63. The van der Waals surface area contributed by atoms with E-state index in [-0.39, 0.29) is 0 Å². The maximum Gasteiger partial charge on any atom is 0.0630 e. The van der Waals surface area contributed by atoms with Gasteiger partial charge in [-0.15, -0.1) is 0 Å². The van der Waals surface area contributed by atoms with Crippen molar-refractivity contribution in [1.29, 1.82) is 0 Å². The fraction of sp³-hybridized carbons (Fsp3) is 0.190. The van der Waals surface area contributed by atoms with Crippen molar-refractivity contribution in [2.75, 3.05) is 0 Å². The average Bonchev–Trinajstić information content (AvgIpc) is 2.88. The van der Waals surface area contributed by atoms with Gasteiger partial charge in [0.15, 0.2) is 0 Å². The van der Waals surface area contributed by atoms with Crippen LogP contribution < -0.4 is 0 Å². The van der Waals surface area contributed by atoms with Gasteiger partial charge in [0.1, 0.15) is 0 Å². The predicted octanol–water partition coefficient (Wildman–Crippen LogP) is 6.17. The van der Waals surface area contributed by atoms with Crippen molar-refractivity contribution in [2.45, 2.75) is 27.2 Å². The van der Waals surface area contributed by atoms with E-state index >= 15 is 0 Å². The topological polar surface area (TPSA) is 17.3 Å².